The summed E-state index contributed by atoms with van der Waals surface area (Å²) in [5.41, 5.74) is 0.614. The SMILES string of the molecule is COC(C)(C)C[C@H](C)NC(=O)N[C@@H](c1ccccn1)C(C)C. The molecule has 1 heterocycles. The maximum Gasteiger partial charge on any atom is 0.315 e. The van der Waals surface area contributed by atoms with Gasteiger partial charge < -0.3 is 15.4 Å². The van der Waals surface area contributed by atoms with E-state index in [0.29, 0.717) is 0 Å². The molecule has 0 bridgehead atoms. The number of rotatable bonds is 7. The molecule has 5 nitrogen and oxygen atoms in total. The summed E-state index contributed by atoms with van der Waals surface area (Å²) in [5.74, 6) is 0.256. The van der Waals surface area contributed by atoms with Gasteiger partial charge in [-0.1, -0.05) is 19.9 Å². The monoisotopic (exact) mass is 307 g/mol. The minimum Gasteiger partial charge on any atom is -0.379 e. The van der Waals surface area contributed by atoms with E-state index >= 15 is 0 Å². The largest absolute Gasteiger partial charge is 0.379 e. The van der Waals surface area contributed by atoms with E-state index in [2.05, 4.69) is 29.5 Å². The van der Waals surface area contributed by atoms with Gasteiger partial charge >= 0.3 is 6.03 Å². The van der Waals surface area contributed by atoms with Gasteiger partial charge in [0, 0.05) is 19.3 Å². The molecular weight excluding hydrogens is 278 g/mol. The number of urea groups is 1. The van der Waals surface area contributed by atoms with Crippen molar-refractivity contribution in [3.05, 3.63) is 30.1 Å². The van der Waals surface area contributed by atoms with Crippen molar-refractivity contribution in [1.82, 2.24) is 15.6 Å². The van der Waals surface area contributed by atoms with Crippen LogP contribution in [0.25, 0.3) is 0 Å². The highest BCUT2D eigenvalue weighted by molar-refractivity contribution is 5.74. The molecule has 22 heavy (non-hydrogen) atoms. The van der Waals surface area contributed by atoms with E-state index in [4.69, 9.17) is 4.74 Å². The molecule has 5 heteroatoms. The first kappa shape index (κ1) is 18.4. The van der Waals surface area contributed by atoms with E-state index in [1.165, 1.54) is 0 Å². The first-order valence-corrected chi connectivity index (χ1v) is 7.78. The Kier molecular flexibility index (Phi) is 6.81. The highest BCUT2D eigenvalue weighted by atomic mass is 16.5. The fourth-order valence-corrected chi connectivity index (χ4v) is 2.42. The number of methoxy groups -OCH3 is 1. The summed E-state index contributed by atoms with van der Waals surface area (Å²) in [6.45, 7) is 10.1. The first-order chi connectivity index (χ1) is 10.2. The predicted molar refractivity (Wildman–Crippen MR) is 88.7 cm³/mol. The van der Waals surface area contributed by atoms with E-state index in [-0.39, 0.29) is 29.6 Å². The number of carbonyl (C=O) groups excluding carboxylic acids is 1. The van der Waals surface area contributed by atoms with Crippen molar-refractivity contribution in [2.75, 3.05) is 7.11 Å². The van der Waals surface area contributed by atoms with Crippen LogP contribution in [0.1, 0.15) is 52.8 Å². The topological polar surface area (TPSA) is 63.2 Å². The first-order valence-electron chi connectivity index (χ1n) is 7.78. The van der Waals surface area contributed by atoms with Gasteiger partial charge in [-0.15, -0.1) is 0 Å². The van der Waals surface area contributed by atoms with Gasteiger partial charge in [0.1, 0.15) is 0 Å². The van der Waals surface area contributed by atoms with Gasteiger partial charge in [0.25, 0.3) is 0 Å². The molecular formula is C17H29N3O2. The summed E-state index contributed by atoms with van der Waals surface area (Å²) in [6, 6.07) is 5.47. The van der Waals surface area contributed by atoms with Gasteiger partial charge in [0.15, 0.2) is 0 Å². The Hall–Kier alpha value is -1.62. The van der Waals surface area contributed by atoms with Gasteiger partial charge in [-0.3, -0.25) is 4.98 Å². The van der Waals surface area contributed by atoms with E-state index < -0.39 is 0 Å². The molecule has 124 valence electrons. The lowest BCUT2D eigenvalue weighted by Gasteiger charge is -2.28. The quantitative estimate of drug-likeness (QED) is 0.812. The second kappa shape index (κ2) is 8.13. The van der Waals surface area contributed by atoms with Gasteiger partial charge in [-0.25, -0.2) is 4.79 Å². The average molecular weight is 307 g/mol. The number of carbonyl (C=O) groups is 1. The highest BCUT2D eigenvalue weighted by Gasteiger charge is 2.23. The average Bonchev–Trinajstić information content (AvgIpc) is 2.44. The summed E-state index contributed by atoms with van der Waals surface area (Å²) in [4.78, 5) is 16.6. The van der Waals surface area contributed by atoms with Crippen LogP contribution in [-0.2, 0) is 4.74 Å². The lowest BCUT2D eigenvalue weighted by atomic mass is 9.99. The van der Waals surface area contributed by atoms with E-state index in [1.807, 2.05) is 39.0 Å². The third-order valence-electron chi connectivity index (χ3n) is 3.69. The molecule has 1 rings (SSSR count). The fourth-order valence-electron chi connectivity index (χ4n) is 2.42. The Labute approximate surface area is 133 Å². The van der Waals surface area contributed by atoms with Gasteiger partial charge in [0.05, 0.1) is 17.3 Å². The minimum absolute atomic E-state index is 0.0199. The number of nitrogens with one attached hydrogen (secondary N) is 2. The molecule has 0 aliphatic carbocycles. The summed E-state index contributed by atoms with van der Waals surface area (Å²) in [7, 11) is 1.68. The van der Waals surface area contributed by atoms with Crippen LogP contribution < -0.4 is 10.6 Å². The van der Waals surface area contributed by atoms with Crippen LogP contribution in [0.15, 0.2) is 24.4 Å². The van der Waals surface area contributed by atoms with E-state index in [1.54, 1.807) is 13.3 Å². The Morgan fingerprint density at radius 3 is 2.45 bits per heavy atom. The number of nitrogens with zero attached hydrogens (tertiary/aromatic N) is 1. The molecule has 0 radical (unpaired) electrons. The molecule has 1 aromatic rings. The summed E-state index contributed by atoms with van der Waals surface area (Å²) >= 11 is 0. The van der Waals surface area contributed by atoms with Crippen molar-refractivity contribution < 1.29 is 9.53 Å². The number of aromatic nitrogens is 1. The number of ether oxygens (including phenoxy) is 1. The van der Waals surface area contributed by atoms with Gasteiger partial charge in [0.2, 0.25) is 0 Å². The molecule has 0 spiro atoms. The second-order valence-corrected chi connectivity index (χ2v) is 6.66. The van der Waals surface area contributed by atoms with Crippen molar-refractivity contribution in [2.45, 2.75) is 58.7 Å². The van der Waals surface area contributed by atoms with Crippen LogP contribution in [0.4, 0.5) is 4.79 Å². The van der Waals surface area contributed by atoms with Crippen molar-refractivity contribution in [2.24, 2.45) is 5.92 Å². The normalized spacial score (nSPS) is 14.5. The van der Waals surface area contributed by atoms with Crippen LogP contribution in [-0.4, -0.2) is 29.8 Å². The predicted octanol–water partition coefficient (Wildman–Crippen LogP) is 3.28. The number of pyridine rings is 1. The molecule has 0 fully saturated rings. The minimum atomic E-state index is -0.259. The smallest absolute Gasteiger partial charge is 0.315 e. The van der Waals surface area contributed by atoms with Crippen LogP contribution in [0, 0.1) is 5.92 Å². The zero-order valence-corrected chi connectivity index (χ0v) is 14.5. The Balaban J connectivity index is 2.62. The summed E-state index contributed by atoms with van der Waals surface area (Å²) in [6.07, 6.45) is 2.49. The molecule has 0 saturated heterocycles. The fraction of sp³-hybridized carbons (Fsp3) is 0.647. The summed E-state index contributed by atoms with van der Waals surface area (Å²) < 4.78 is 5.40. The molecule has 0 aliphatic heterocycles. The molecule has 0 unspecified atom stereocenters. The van der Waals surface area contributed by atoms with E-state index in [9.17, 15) is 4.79 Å². The molecule has 0 saturated carbocycles. The Bertz CT molecular complexity index is 460. The lowest BCUT2D eigenvalue weighted by molar-refractivity contribution is 0.00946. The van der Waals surface area contributed by atoms with E-state index in [0.717, 1.165) is 12.1 Å². The van der Waals surface area contributed by atoms with Crippen molar-refractivity contribution in [3.8, 4) is 0 Å². The summed E-state index contributed by atoms with van der Waals surface area (Å²) in [5, 5.41) is 5.98. The number of amides is 2. The third kappa shape index (κ3) is 6.02. The standard InChI is InChI=1S/C17H29N3O2/c1-12(2)15(14-9-7-8-10-18-14)20-16(21)19-13(3)11-17(4,5)22-6/h7-10,12-13,15H,11H2,1-6H3,(H2,19,20,21)/t13-,15+/m0/s1. The lowest BCUT2D eigenvalue weighted by Crippen LogP contribution is -2.46. The zero-order chi connectivity index (χ0) is 16.8. The molecule has 2 amide bonds. The number of hydrogen-bond acceptors (Lipinski definition) is 3. The maximum atomic E-state index is 12.2. The molecule has 0 aliphatic rings. The highest BCUT2D eigenvalue weighted by Crippen LogP contribution is 2.19. The van der Waals surface area contributed by atoms with Crippen LogP contribution in [0.2, 0.25) is 0 Å². The van der Waals surface area contributed by atoms with Crippen molar-refractivity contribution in [1.29, 1.82) is 0 Å². The van der Waals surface area contributed by atoms with Crippen LogP contribution in [0.5, 0.6) is 0 Å². The van der Waals surface area contributed by atoms with Crippen LogP contribution >= 0.6 is 0 Å². The van der Waals surface area contributed by atoms with Crippen LogP contribution in [0.3, 0.4) is 0 Å². The number of hydrogen-bond donors (Lipinski definition) is 2. The molecule has 0 aromatic carbocycles. The third-order valence-corrected chi connectivity index (χ3v) is 3.69. The molecule has 1 aromatic heterocycles. The Morgan fingerprint density at radius 2 is 1.95 bits per heavy atom. The van der Waals surface area contributed by atoms with Gasteiger partial charge in [-0.05, 0) is 45.2 Å². The maximum absolute atomic E-state index is 12.2. The molecule has 2 atom stereocenters. The zero-order valence-electron chi connectivity index (χ0n) is 14.5. The van der Waals surface area contributed by atoms with Crippen molar-refractivity contribution >= 4 is 6.03 Å². The molecule has 2 N–H and O–H groups in total. The van der Waals surface area contributed by atoms with Crippen molar-refractivity contribution in [3.63, 3.8) is 0 Å². The second-order valence-electron chi connectivity index (χ2n) is 6.66. The van der Waals surface area contributed by atoms with Gasteiger partial charge in [-0.2, -0.15) is 0 Å². The Morgan fingerprint density at radius 1 is 1.27 bits per heavy atom.